The first-order valence-electron chi connectivity index (χ1n) is 3.68. The van der Waals surface area contributed by atoms with Crippen molar-refractivity contribution in [1.82, 2.24) is 0 Å². The van der Waals surface area contributed by atoms with E-state index < -0.39 is 11.9 Å². The van der Waals surface area contributed by atoms with E-state index in [1.165, 1.54) is 6.92 Å². The largest absolute Gasteiger partial charge is 0.481 e. The van der Waals surface area contributed by atoms with Gasteiger partial charge in [0, 0.05) is 5.92 Å². The average Bonchev–Trinajstić information content (AvgIpc) is 1.87. The molecule has 3 heteroatoms. The Kier molecular flexibility index (Phi) is 3.79. The molecule has 0 bridgehead atoms. The van der Waals surface area contributed by atoms with Crippen molar-refractivity contribution in [2.45, 2.75) is 27.2 Å². The predicted octanol–water partition coefficient (Wildman–Crippen LogP) is 1.32. The maximum atomic E-state index is 10.7. The first-order valence-corrected chi connectivity index (χ1v) is 3.68. The van der Waals surface area contributed by atoms with E-state index in [9.17, 15) is 9.59 Å². The van der Waals surface area contributed by atoms with E-state index >= 15 is 0 Å². The summed E-state index contributed by atoms with van der Waals surface area (Å²) in [6.07, 6.45) is 0.435. The van der Waals surface area contributed by atoms with Gasteiger partial charge in [0.1, 0.15) is 5.78 Å². The Morgan fingerprint density at radius 2 is 1.73 bits per heavy atom. The summed E-state index contributed by atoms with van der Waals surface area (Å²) in [7, 11) is 0. The molecule has 0 aromatic heterocycles. The van der Waals surface area contributed by atoms with Crippen LogP contribution in [0.2, 0.25) is 0 Å². The lowest BCUT2D eigenvalue weighted by molar-refractivity contribution is -0.141. The SMILES string of the molecule is CC(=O)[C@H](C)C[C@@H](C)C(=O)O. The first-order chi connectivity index (χ1) is 4.95. The smallest absolute Gasteiger partial charge is 0.306 e. The van der Waals surface area contributed by atoms with E-state index in [0.29, 0.717) is 6.42 Å². The van der Waals surface area contributed by atoms with Crippen LogP contribution in [-0.4, -0.2) is 16.9 Å². The molecule has 2 atom stereocenters. The Morgan fingerprint density at radius 1 is 1.27 bits per heavy atom. The van der Waals surface area contributed by atoms with Gasteiger partial charge < -0.3 is 5.11 Å². The molecule has 0 rings (SSSR count). The van der Waals surface area contributed by atoms with Crippen molar-refractivity contribution in [3.05, 3.63) is 0 Å². The Bertz CT molecular complexity index is 145. The molecule has 11 heavy (non-hydrogen) atoms. The van der Waals surface area contributed by atoms with Gasteiger partial charge >= 0.3 is 5.97 Å². The normalized spacial score (nSPS) is 15.5. The van der Waals surface area contributed by atoms with Crippen molar-refractivity contribution in [3.63, 3.8) is 0 Å². The summed E-state index contributed by atoms with van der Waals surface area (Å²) < 4.78 is 0. The minimum absolute atomic E-state index is 0.0538. The molecule has 0 aliphatic carbocycles. The molecule has 0 spiro atoms. The van der Waals surface area contributed by atoms with Gasteiger partial charge in [-0.3, -0.25) is 9.59 Å². The van der Waals surface area contributed by atoms with Gasteiger partial charge in [0.05, 0.1) is 5.92 Å². The topological polar surface area (TPSA) is 54.4 Å². The molecule has 0 fully saturated rings. The fourth-order valence-electron chi connectivity index (χ4n) is 0.797. The van der Waals surface area contributed by atoms with E-state index in [1.54, 1.807) is 13.8 Å². The third-order valence-corrected chi connectivity index (χ3v) is 1.82. The minimum atomic E-state index is -0.835. The molecule has 0 aromatic rings. The summed E-state index contributed by atoms with van der Waals surface area (Å²) in [6, 6.07) is 0. The second kappa shape index (κ2) is 4.11. The van der Waals surface area contributed by atoms with Gasteiger partial charge in [-0.25, -0.2) is 0 Å². The van der Waals surface area contributed by atoms with Crippen LogP contribution in [0.25, 0.3) is 0 Å². The Labute approximate surface area is 66.4 Å². The lowest BCUT2D eigenvalue weighted by Crippen LogP contribution is -2.17. The molecule has 0 aromatic carbocycles. The number of hydrogen-bond donors (Lipinski definition) is 1. The zero-order valence-corrected chi connectivity index (χ0v) is 7.13. The Balaban J connectivity index is 3.84. The molecule has 0 aliphatic heterocycles. The van der Waals surface area contributed by atoms with E-state index in [0.717, 1.165) is 0 Å². The molecule has 0 heterocycles. The van der Waals surface area contributed by atoms with Crippen LogP contribution in [0.3, 0.4) is 0 Å². The first kappa shape index (κ1) is 10.1. The summed E-state index contributed by atoms with van der Waals surface area (Å²) in [4.78, 5) is 21.1. The number of carboxylic acids is 1. The van der Waals surface area contributed by atoms with Crippen molar-refractivity contribution in [1.29, 1.82) is 0 Å². The van der Waals surface area contributed by atoms with Crippen molar-refractivity contribution < 1.29 is 14.7 Å². The van der Waals surface area contributed by atoms with Crippen LogP contribution in [0.15, 0.2) is 0 Å². The van der Waals surface area contributed by atoms with Crippen molar-refractivity contribution >= 4 is 11.8 Å². The lowest BCUT2D eigenvalue weighted by Gasteiger charge is -2.09. The molecule has 0 saturated carbocycles. The van der Waals surface area contributed by atoms with Crippen LogP contribution in [0.4, 0.5) is 0 Å². The number of ketones is 1. The predicted molar refractivity (Wildman–Crippen MR) is 41.3 cm³/mol. The zero-order valence-electron chi connectivity index (χ0n) is 7.13. The number of carboxylic acid groups (broad SMARTS) is 1. The van der Waals surface area contributed by atoms with E-state index in [-0.39, 0.29) is 11.7 Å². The van der Waals surface area contributed by atoms with Crippen molar-refractivity contribution in [2.75, 3.05) is 0 Å². The number of carbonyl (C=O) groups is 2. The summed E-state index contributed by atoms with van der Waals surface area (Å²) in [5.41, 5.74) is 0. The fraction of sp³-hybridized carbons (Fsp3) is 0.750. The van der Waals surface area contributed by atoms with Gasteiger partial charge in [-0.2, -0.15) is 0 Å². The average molecular weight is 158 g/mol. The third kappa shape index (κ3) is 3.75. The molecule has 0 unspecified atom stereocenters. The van der Waals surface area contributed by atoms with Gasteiger partial charge in [-0.1, -0.05) is 13.8 Å². The number of Topliss-reactive ketones (excluding diaryl/α,β-unsaturated/α-hetero) is 1. The second-order valence-corrected chi connectivity index (χ2v) is 2.99. The maximum absolute atomic E-state index is 10.7. The molecule has 0 aliphatic rings. The summed E-state index contributed by atoms with van der Waals surface area (Å²) in [5.74, 6) is -1.34. The summed E-state index contributed by atoms with van der Waals surface area (Å²) in [6.45, 7) is 4.85. The Morgan fingerprint density at radius 3 is 2.00 bits per heavy atom. The standard InChI is InChI=1S/C8H14O3/c1-5(7(3)9)4-6(2)8(10)11/h5-6H,4H2,1-3H3,(H,10,11)/t5-,6-/m1/s1. The highest BCUT2D eigenvalue weighted by Gasteiger charge is 2.17. The van der Waals surface area contributed by atoms with Gasteiger partial charge in [-0.05, 0) is 13.3 Å². The van der Waals surface area contributed by atoms with E-state index in [4.69, 9.17) is 5.11 Å². The van der Waals surface area contributed by atoms with Crippen LogP contribution in [0.1, 0.15) is 27.2 Å². The number of aliphatic carboxylic acids is 1. The van der Waals surface area contributed by atoms with Crippen LogP contribution in [0, 0.1) is 11.8 Å². The summed E-state index contributed by atoms with van der Waals surface area (Å²) >= 11 is 0. The van der Waals surface area contributed by atoms with Crippen LogP contribution < -0.4 is 0 Å². The van der Waals surface area contributed by atoms with Crippen molar-refractivity contribution in [3.8, 4) is 0 Å². The summed E-state index contributed by atoms with van der Waals surface area (Å²) in [5, 5.41) is 8.50. The van der Waals surface area contributed by atoms with Crippen molar-refractivity contribution in [2.24, 2.45) is 11.8 Å². The molecular formula is C8H14O3. The fourth-order valence-corrected chi connectivity index (χ4v) is 0.797. The highest BCUT2D eigenvalue weighted by atomic mass is 16.4. The monoisotopic (exact) mass is 158 g/mol. The van der Waals surface area contributed by atoms with Crippen LogP contribution >= 0.6 is 0 Å². The Hall–Kier alpha value is -0.860. The number of hydrogen-bond acceptors (Lipinski definition) is 2. The molecule has 0 saturated heterocycles. The molecular weight excluding hydrogens is 144 g/mol. The highest BCUT2D eigenvalue weighted by Crippen LogP contribution is 2.12. The minimum Gasteiger partial charge on any atom is -0.481 e. The lowest BCUT2D eigenvalue weighted by atomic mass is 9.95. The number of carbonyl (C=O) groups excluding carboxylic acids is 1. The molecule has 0 amide bonds. The van der Waals surface area contributed by atoms with Gasteiger partial charge in [0.2, 0.25) is 0 Å². The zero-order chi connectivity index (χ0) is 9.02. The van der Waals surface area contributed by atoms with Crippen LogP contribution in [0.5, 0.6) is 0 Å². The molecule has 64 valence electrons. The molecule has 3 nitrogen and oxygen atoms in total. The van der Waals surface area contributed by atoms with Gasteiger partial charge in [-0.15, -0.1) is 0 Å². The second-order valence-electron chi connectivity index (χ2n) is 2.99. The quantitative estimate of drug-likeness (QED) is 0.671. The van der Waals surface area contributed by atoms with Gasteiger partial charge in [0.25, 0.3) is 0 Å². The van der Waals surface area contributed by atoms with Crippen LogP contribution in [-0.2, 0) is 9.59 Å². The number of rotatable bonds is 4. The third-order valence-electron chi connectivity index (χ3n) is 1.82. The van der Waals surface area contributed by atoms with Gasteiger partial charge in [0.15, 0.2) is 0 Å². The maximum Gasteiger partial charge on any atom is 0.306 e. The highest BCUT2D eigenvalue weighted by molar-refractivity contribution is 5.79. The molecule has 0 radical (unpaired) electrons. The van der Waals surface area contributed by atoms with E-state index in [1.807, 2.05) is 0 Å². The van der Waals surface area contributed by atoms with E-state index in [2.05, 4.69) is 0 Å². The molecule has 1 N–H and O–H groups in total.